The zero-order valence-electron chi connectivity index (χ0n) is 11.3. The molecule has 0 N–H and O–H groups in total. The monoisotopic (exact) mass is 398 g/mol. The zero-order chi connectivity index (χ0) is 14.5. The quantitative estimate of drug-likeness (QED) is 0.478. The molecule has 112 valence electrons. The van der Waals surface area contributed by atoms with Crippen LogP contribution in [0.1, 0.15) is 25.7 Å². The fraction of sp³-hybridized carbons (Fsp3) is 0.286. The molecule has 0 aromatic carbocycles. The van der Waals surface area contributed by atoms with Gasteiger partial charge in [-0.25, -0.2) is 9.97 Å². The van der Waals surface area contributed by atoms with Gasteiger partial charge in [0, 0.05) is 12.4 Å². The third kappa shape index (κ3) is 2.59. The van der Waals surface area contributed by atoms with Crippen LogP contribution >= 0.6 is 70.6 Å². The van der Waals surface area contributed by atoms with Gasteiger partial charge in [-0.2, -0.15) is 0 Å². The topological polar surface area (TPSA) is 25.8 Å². The SMILES string of the molecule is c1cnc2c(n1)SC(=C1SC3=C(SC(=C4CCCC4)S3)S1)S2. The maximum Gasteiger partial charge on any atom is 0.134 e. The molecule has 5 rings (SSSR count). The van der Waals surface area contributed by atoms with E-state index < -0.39 is 0 Å². The first-order chi connectivity index (χ1) is 10.9. The lowest BCUT2D eigenvalue weighted by molar-refractivity contribution is 0.886. The number of fused-ring (bicyclic) bond motifs is 1. The van der Waals surface area contributed by atoms with E-state index in [0.717, 1.165) is 10.1 Å². The minimum absolute atomic E-state index is 1.05. The molecule has 0 bridgehead atoms. The minimum atomic E-state index is 1.05. The van der Waals surface area contributed by atoms with Gasteiger partial charge in [0.1, 0.15) is 10.1 Å². The van der Waals surface area contributed by atoms with E-state index in [4.69, 9.17) is 0 Å². The first-order valence-electron chi connectivity index (χ1n) is 6.95. The van der Waals surface area contributed by atoms with E-state index in [-0.39, 0.29) is 0 Å². The molecule has 1 aliphatic carbocycles. The highest BCUT2D eigenvalue weighted by Gasteiger charge is 2.35. The highest BCUT2D eigenvalue weighted by Crippen LogP contribution is 2.70. The molecule has 3 aliphatic heterocycles. The molecule has 0 amide bonds. The van der Waals surface area contributed by atoms with Crippen molar-refractivity contribution in [3.05, 3.63) is 39.2 Å². The summed E-state index contributed by atoms with van der Waals surface area (Å²) >= 11 is 11.4. The molecule has 0 atom stereocenters. The zero-order valence-corrected chi connectivity index (χ0v) is 16.2. The molecule has 1 aromatic rings. The molecule has 0 spiro atoms. The van der Waals surface area contributed by atoms with Crippen LogP contribution in [0.25, 0.3) is 0 Å². The van der Waals surface area contributed by atoms with E-state index in [9.17, 15) is 0 Å². The van der Waals surface area contributed by atoms with E-state index in [1.807, 2.05) is 47.0 Å². The van der Waals surface area contributed by atoms with Gasteiger partial charge in [0.05, 0.1) is 21.2 Å². The average Bonchev–Trinajstić information content (AvgIpc) is 3.27. The summed E-state index contributed by atoms with van der Waals surface area (Å²) in [5.41, 5.74) is 1.70. The summed E-state index contributed by atoms with van der Waals surface area (Å²) in [7, 11) is 0. The Labute approximate surface area is 154 Å². The van der Waals surface area contributed by atoms with Crippen LogP contribution in [0.5, 0.6) is 0 Å². The largest absolute Gasteiger partial charge is 0.245 e. The molecule has 4 heterocycles. The van der Waals surface area contributed by atoms with Gasteiger partial charge in [0.25, 0.3) is 0 Å². The Morgan fingerprint density at radius 3 is 1.59 bits per heavy atom. The summed E-state index contributed by atoms with van der Waals surface area (Å²) in [4.78, 5) is 8.83. The van der Waals surface area contributed by atoms with Crippen molar-refractivity contribution >= 4 is 70.6 Å². The van der Waals surface area contributed by atoms with Crippen molar-refractivity contribution in [3.63, 3.8) is 0 Å². The third-order valence-corrected chi connectivity index (χ3v) is 12.3. The van der Waals surface area contributed by atoms with Gasteiger partial charge in [-0.1, -0.05) is 70.6 Å². The maximum absolute atomic E-state index is 4.41. The lowest BCUT2D eigenvalue weighted by Gasteiger charge is -2.06. The Balaban J connectivity index is 1.35. The van der Waals surface area contributed by atoms with Crippen LogP contribution < -0.4 is 0 Å². The van der Waals surface area contributed by atoms with E-state index >= 15 is 0 Å². The molecule has 4 aliphatic rings. The smallest absolute Gasteiger partial charge is 0.134 e. The van der Waals surface area contributed by atoms with Crippen LogP contribution in [0.2, 0.25) is 0 Å². The molecule has 0 saturated heterocycles. The lowest BCUT2D eigenvalue weighted by atomic mass is 10.3. The Bertz CT molecular complexity index is 709. The van der Waals surface area contributed by atoms with Crippen LogP contribution in [0.3, 0.4) is 0 Å². The molecular weight excluding hydrogens is 389 g/mol. The van der Waals surface area contributed by atoms with E-state index in [1.165, 1.54) is 42.6 Å². The molecule has 2 nitrogen and oxygen atoms in total. The van der Waals surface area contributed by atoms with Crippen LogP contribution in [0.4, 0.5) is 0 Å². The number of rotatable bonds is 0. The van der Waals surface area contributed by atoms with Gasteiger partial charge in [-0.3, -0.25) is 0 Å². The number of hydrogen-bond donors (Lipinski definition) is 0. The second kappa shape index (κ2) is 6.04. The summed E-state index contributed by atoms with van der Waals surface area (Å²) in [5, 5.41) is 2.11. The Morgan fingerprint density at radius 1 is 0.591 bits per heavy atom. The summed E-state index contributed by atoms with van der Waals surface area (Å²) in [6.45, 7) is 0. The number of allylic oxidation sites excluding steroid dienone is 1. The highest BCUT2D eigenvalue weighted by atomic mass is 32.3. The third-order valence-electron chi connectivity index (χ3n) is 3.58. The van der Waals surface area contributed by atoms with Gasteiger partial charge in [0.15, 0.2) is 0 Å². The molecule has 1 fully saturated rings. The predicted molar refractivity (Wildman–Crippen MR) is 104 cm³/mol. The number of aromatic nitrogens is 2. The van der Waals surface area contributed by atoms with Gasteiger partial charge < -0.3 is 0 Å². The Hall–Kier alpha value is 0.400. The van der Waals surface area contributed by atoms with Crippen LogP contribution in [0, 0.1) is 0 Å². The highest BCUT2D eigenvalue weighted by molar-refractivity contribution is 8.48. The van der Waals surface area contributed by atoms with Crippen molar-refractivity contribution < 1.29 is 0 Å². The van der Waals surface area contributed by atoms with Crippen LogP contribution in [0.15, 0.2) is 49.2 Å². The maximum atomic E-state index is 4.41. The van der Waals surface area contributed by atoms with Gasteiger partial charge in [-0.05, 0) is 31.3 Å². The van der Waals surface area contributed by atoms with E-state index in [1.54, 1.807) is 45.7 Å². The minimum Gasteiger partial charge on any atom is -0.245 e. The van der Waals surface area contributed by atoms with Crippen molar-refractivity contribution in [2.75, 3.05) is 0 Å². The molecule has 22 heavy (non-hydrogen) atoms. The van der Waals surface area contributed by atoms with Crippen molar-refractivity contribution in [1.29, 1.82) is 0 Å². The van der Waals surface area contributed by atoms with Crippen LogP contribution in [-0.4, -0.2) is 9.97 Å². The van der Waals surface area contributed by atoms with E-state index in [0.29, 0.717) is 0 Å². The van der Waals surface area contributed by atoms with Crippen LogP contribution in [-0.2, 0) is 0 Å². The second-order valence-corrected chi connectivity index (χ2v) is 12.4. The summed E-state index contributed by atoms with van der Waals surface area (Å²) in [6.07, 6.45) is 8.95. The average molecular weight is 399 g/mol. The number of hydrogen-bond acceptors (Lipinski definition) is 8. The van der Waals surface area contributed by atoms with Crippen molar-refractivity contribution in [2.24, 2.45) is 0 Å². The molecule has 0 unspecified atom stereocenters. The van der Waals surface area contributed by atoms with Gasteiger partial charge in [0.2, 0.25) is 0 Å². The standard InChI is InChI=1S/C14H10N2S6/c1-2-4-7(3-1)10-19-13-14(20-10)22-12(21-13)11-17-8-9(18-11)16-6-5-15-8/h5-6H,1-4H2. The summed E-state index contributed by atoms with van der Waals surface area (Å²) < 4.78 is 7.32. The first-order valence-corrected chi connectivity index (χ1v) is 11.9. The number of thioether (sulfide) groups is 6. The summed E-state index contributed by atoms with van der Waals surface area (Å²) in [5.74, 6) is 0. The molecular formula is C14H10N2S6. The second-order valence-electron chi connectivity index (χ2n) is 5.03. The molecule has 1 saturated carbocycles. The van der Waals surface area contributed by atoms with Gasteiger partial charge >= 0.3 is 0 Å². The first kappa shape index (κ1) is 14.7. The molecule has 8 heteroatoms. The van der Waals surface area contributed by atoms with Crippen molar-refractivity contribution in [2.45, 2.75) is 35.7 Å². The normalized spacial score (nSPS) is 23.8. The fourth-order valence-corrected chi connectivity index (χ4v) is 11.6. The lowest BCUT2D eigenvalue weighted by Crippen LogP contribution is -1.79. The predicted octanol–water partition coefficient (Wildman–Crippen LogP) is 6.67. The summed E-state index contributed by atoms with van der Waals surface area (Å²) in [6, 6.07) is 0. The fourth-order valence-electron chi connectivity index (χ4n) is 2.55. The van der Waals surface area contributed by atoms with Crippen molar-refractivity contribution in [3.8, 4) is 0 Å². The van der Waals surface area contributed by atoms with Crippen molar-refractivity contribution in [1.82, 2.24) is 9.97 Å². The molecule has 1 aromatic heterocycles. The molecule has 0 radical (unpaired) electrons. The van der Waals surface area contributed by atoms with E-state index in [2.05, 4.69) is 9.97 Å². The Morgan fingerprint density at radius 2 is 1.05 bits per heavy atom. The van der Waals surface area contributed by atoms with Gasteiger partial charge in [-0.15, -0.1) is 0 Å². The number of nitrogens with zero attached hydrogens (tertiary/aromatic N) is 2. The Kier molecular flexibility index (Phi) is 4.04.